The van der Waals surface area contributed by atoms with Gasteiger partial charge in [-0.3, -0.25) is 0 Å². The molecule has 0 aliphatic heterocycles. The van der Waals surface area contributed by atoms with Crippen LogP contribution in [0.3, 0.4) is 0 Å². The van der Waals surface area contributed by atoms with Crippen molar-refractivity contribution >= 4 is 59.4 Å². The first-order valence-electron chi connectivity index (χ1n) is 11.4. The van der Waals surface area contributed by atoms with Crippen LogP contribution in [0.4, 0.5) is 0 Å². The predicted octanol–water partition coefficient (Wildman–Crippen LogP) is 6.79. The van der Waals surface area contributed by atoms with Gasteiger partial charge in [-0.05, 0) is 105 Å². The summed E-state index contributed by atoms with van der Waals surface area (Å²) < 4.78 is 40.2. The van der Waals surface area contributed by atoms with Crippen molar-refractivity contribution in [3.63, 3.8) is 0 Å². The highest BCUT2D eigenvalue weighted by Crippen LogP contribution is 2.32. The van der Waals surface area contributed by atoms with E-state index in [2.05, 4.69) is 111 Å². The van der Waals surface area contributed by atoms with Gasteiger partial charge in [-0.15, -0.1) is 0 Å². The van der Waals surface area contributed by atoms with Crippen molar-refractivity contribution in [2.45, 2.75) is 112 Å². The quantitative estimate of drug-likeness (QED) is 0.218. The van der Waals surface area contributed by atoms with Crippen LogP contribution in [0.1, 0.15) is 13.3 Å². The highest BCUT2D eigenvalue weighted by Gasteiger charge is 2.55. The van der Waals surface area contributed by atoms with Crippen molar-refractivity contribution in [1.29, 1.82) is 0 Å². The van der Waals surface area contributed by atoms with Crippen molar-refractivity contribution < 1.29 is 24.7 Å². The zero-order valence-corrected chi connectivity index (χ0v) is 30.2. The molecule has 0 unspecified atom stereocenters. The third kappa shape index (κ3) is 15.7. The summed E-state index contributed by atoms with van der Waals surface area (Å²) in [5.41, 5.74) is 0. The molecule has 0 heterocycles. The lowest BCUT2D eigenvalue weighted by Crippen LogP contribution is -2.66. The topological polar surface area (TPSA) is 55.4 Å². The zero-order valence-electron chi connectivity index (χ0n) is 23.2. The molecule has 0 amide bonds. The first kappa shape index (κ1) is 32.3. The van der Waals surface area contributed by atoms with Gasteiger partial charge in [-0.2, -0.15) is 0 Å². The van der Waals surface area contributed by atoms with Gasteiger partial charge in [0.05, 0.1) is 0 Å². The Hall–Kier alpha value is 1.28. The maximum Gasteiger partial charge on any atom is 0.477 e. The Balaban J connectivity index is 6.24. The summed E-state index contributed by atoms with van der Waals surface area (Å²) in [5, 5.41) is 0. The smallest absolute Gasteiger partial charge is 0.437 e. The molecule has 0 atom stereocenters. The lowest BCUT2D eigenvalue weighted by atomic mass is 10.6. The second-order valence-electron chi connectivity index (χ2n) is 12.4. The van der Waals surface area contributed by atoms with Crippen LogP contribution in [0, 0.1) is 6.04 Å². The minimum Gasteiger partial charge on any atom is -0.437 e. The molecule has 0 aromatic rings. The van der Waals surface area contributed by atoms with Crippen LogP contribution in [0.2, 0.25) is 98.2 Å². The summed E-state index contributed by atoms with van der Waals surface area (Å²) in [4.78, 5) is 0. The lowest BCUT2D eigenvalue weighted by molar-refractivity contribution is 0.199. The third-order valence-corrected chi connectivity index (χ3v) is 26.7. The Morgan fingerprint density at radius 2 is 0.645 bits per heavy atom. The van der Waals surface area contributed by atoms with Crippen LogP contribution >= 0.6 is 0 Å². The van der Waals surface area contributed by atoms with Gasteiger partial charge in [0.1, 0.15) is 0 Å². The Morgan fingerprint density at radius 1 is 0.419 bits per heavy atom. The van der Waals surface area contributed by atoms with Gasteiger partial charge in [0, 0.05) is 6.04 Å². The van der Waals surface area contributed by atoms with Crippen molar-refractivity contribution in [2.75, 3.05) is 0 Å². The summed E-state index contributed by atoms with van der Waals surface area (Å²) in [6.45, 7) is 34.5. The second-order valence-corrected chi connectivity index (χ2v) is 40.0. The normalized spacial score (nSPS) is 15.5. The molecule has 0 N–H and O–H groups in total. The average Bonchev–Trinajstić information content (AvgIpc) is 2.24. The molecule has 0 saturated carbocycles. The Bertz CT molecular complexity index is 491. The molecule has 0 bridgehead atoms. The van der Waals surface area contributed by atoms with Gasteiger partial charge in [0.15, 0.2) is 25.0 Å². The van der Waals surface area contributed by atoms with E-state index < -0.39 is 59.4 Å². The standard InChI is InChI=1S/C18H51O6Si7/c1-17-18-31(22-28(11,12)19-25(2,3)4,23-29(13,14)20-26(5,6)7)24-30(15,16)21-27(8,9)10/h18H,17H2,1-16H3. The van der Waals surface area contributed by atoms with Crippen molar-refractivity contribution in [3.8, 4) is 0 Å². The van der Waals surface area contributed by atoms with E-state index in [0.717, 1.165) is 6.42 Å². The molecule has 0 fully saturated rings. The SMILES string of the molecule is CC[CH][Si](O[Si](C)(C)O[Si](C)(C)C)(O[Si](C)(C)O[Si](C)(C)C)O[Si](C)(C)O[Si](C)(C)C. The first-order valence-corrected chi connectivity index (χ1v) is 31.8. The van der Waals surface area contributed by atoms with Gasteiger partial charge < -0.3 is 24.7 Å². The lowest BCUT2D eigenvalue weighted by Gasteiger charge is -2.46. The molecule has 0 saturated heterocycles. The molecular weight excluding hydrogens is 509 g/mol. The molecule has 1 radical (unpaired) electrons. The van der Waals surface area contributed by atoms with E-state index in [1.807, 2.05) is 0 Å². The Morgan fingerprint density at radius 3 is 0.806 bits per heavy atom. The summed E-state index contributed by atoms with van der Waals surface area (Å²) in [7, 11) is -16.2. The summed E-state index contributed by atoms with van der Waals surface area (Å²) in [6, 6.07) is 2.12. The maximum atomic E-state index is 6.87. The summed E-state index contributed by atoms with van der Waals surface area (Å²) in [5.74, 6) is 0. The van der Waals surface area contributed by atoms with Crippen LogP contribution in [0.15, 0.2) is 0 Å². The van der Waals surface area contributed by atoms with Gasteiger partial charge in [-0.1, -0.05) is 6.92 Å². The van der Waals surface area contributed by atoms with E-state index in [1.165, 1.54) is 0 Å². The molecule has 187 valence electrons. The Labute approximate surface area is 201 Å². The predicted molar refractivity (Wildman–Crippen MR) is 149 cm³/mol. The minimum absolute atomic E-state index is 0.790. The van der Waals surface area contributed by atoms with E-state index >= 15 is 0 Å². The van der Waals surface area contributed by atoms with E-state index in [0.29, 0.717) is 0 Å². The second kappa shape index (κ2) is 10.9. The molecule has 0 spiro atoms. The van der Waals surface area contributed by atoms with Crippen molar-refractivity contribution in [1.82, 2.24) is 0 Å². The highest BCUT2D eigenvalue weighted by atomic mass is 28.5. The molecular formula is C18H51O6Si7. The van der Waals surface area contributed by atoms with Gasteiger partial charge in [-0.25, -0.2) is 0 Å². The molecule has 0 rings (SSSR count). The largest absolute Gasteiger partial charge is 0.477 e. The minimum atomic E-state index is -3.25. The van der Waals surface area contributed by atoms with E-state index in [4.69, 9.17) is 24.7 Å². The van der Waals surface area contributed by atoms with Crippen molar-refractivity contribution in [3.05, 3.63) is 6.04 Å². The zero-order chi connectivity index (χ0) is 25.2. The van der Waals surface area contributed by atoms with Crippen LogP contribution < -0.4 is 0 Å². The number of rotatable bonds is 14. The van der Waals surface area contributed by atoms with Crippen molar-refractivity contribution in [2.24, 2.45) is 0 Å². The van der Waals surface area contributed by atoms with Crippen LogP contribution in [-0.2, 0) is 24.7 Å². The highest BCUT2D eigenvalue weighted by molar-refractivity contribution is 6.93. The molecule has 13 heteroatoms. The summed E-state index contributed by atoms with van der Waals surface area (Å²) >= 11 is 0. The monoisotopic (exact) mass is 559 g/mol. The Kier molecular flexibility index (Phi) is 11.4. The van der Waals surface area contributed by atoms with E-state index in [9.17, 15) is 0 Å². The van der Waals surface area contributed by atoms with Gasteiger partial charge in [0.2, 0.25) is 0 Å². The van der Waals surface area contributed by atoms with Crippen LogP contribution in [-0.4, -0.2) is 59.4 Å². The fourth-order valence-corrected chi connectivity index (χ4v) is 34.4. The number of hydrogen-bond acceptors (Lipinski definition) is 6. The van der Waals surface area contributed by atoms with Crippen LogP contribution in [0.25, 0.3) is 0 Å². The number of hydrogen-bond donors (Lipinski definition) is 0. The molecule has 0 aromatic carbocycles. The van der Waals surface area contributed by atoms with E-state index in [1.54, 1.807) is 0 Å². The maximum absolute atomic E-state index is 6.87. The first-order chi connectivity index (χ1) is 13.3. The molecule has 31 heavy (non-hydrogen) atoms. The van der Waals surface area contributed by atoms with E-state index in [-0.39, 0.29) is 0 Å². The third-order valence-electron chi connectivity index (χ3n) is 3.27. The van der Waals surface area contributed by atoms with Crippen LogP contribution in [0.5, 0.6) is 0 Å². The molecule has 0 aromatic heterocycles. The summed E-state index contributed by atoms with van der Waals surface area (Å²) in [6.07, 6.45) is 0.790. The fraction of sp³-hybridized carbons (Fsp3) is 0.944. The molecule has 0 aliphatic rings. The van der Waals surface area contributed by atoms with Gasteiger partial charge >= 0.3 is 34.5 Å². The van der Waals surface area contributed by atoms with Gasteiger partial charge in [0.25, 0.3) is 0 Å². The average molecular weight is 560 g/mol. The molecule has 0 aliphatic carbocycles. The molecule has 6 nitrogen and oxygen atoms in total. The fourth-order valence-electron chi connectivity index (χ4n) is 3.74.